The first-order valence-electron chi connectivity index (χ1n) is 6.97. The maximum absolute atomic E-state index is 12.6. The van der Waals surface area contributed by atoms with E-state index in [0.717, 1.165) is 18.4 Å². The zero-order valence-electron chi connectivity index (χ0n) is 11.6. The molecular weight excluding hydrogens is 266 g/mol. The van der Waals surface area contributed by atoms with E-state index in [2.05, 4.69) is 4.98 Å². The van der Waals surface area contributed by atoms with Crippen LogP contribution in [0.2, 0.25) is 0 Å². The highest BCUT2D eigenvalue weighted by Crippen LogP contribution is 2.29. The second-order valence-corrected chi connectivity index (χ2v) is 5.35. The standard InChI is InChI=1S/C16H17N3O2/c17-13-4-1-11(2-5-13)10-19(14-6-7-14)16(21)12-3-8-15(20)18-9-12/h1-5,8-9,14H,6-7,10,17H2,(H,18,20). The average Bonchev–Trinajstić information content (AvgIpc) is 3.31. The lowest BCUT2D eigenvalue weighted by atomic mass is 10.1. The van der Waals surface area contributed by atoms with Crippen LogP contribution in [0.15, 0.2) is 47.4 Å². The Morgan fingerprint density at radius 3 is 2.48 bits per heavy atom. The van der Waals surface area contributed by atoms with Crippen LogP contribution in [0.1, 0.15) is 28.8 Å². The predicted octanol–water partition coefficient (Wildman–Crippen LogP) is 1.76. The van der Waals surface area contributed by atoms with E-state index in [4.69, 9.17) is 5.73 Å². The average molecular weight is 283 g/mol. The van der Waals surface area contributed by atoms with Crippen LogP contribution in [0.4, 0.5) is 5.69 Å². The van der Waals surface area contributed by atoms with Gasteiger partial charge in [0.25, 0.3) is 5.91 Å². The Hall–Kier alpha value is -2.56. The summed E-state index contributed by atoms with van der Waals surface area (Å²) in [4.78, 5) is 28.1. The van der Waals surface area contributed by atoms with E-state index < -0.39 is 0 Å². The third kappa shape index (κ3) is 3.13. The summed E-state index contributed by atoms with van der Waals surface area (Å²) in [6.45, 7) is 0.558. The number of benzene rings is 1. The maximum atomic E-state index is 12.6. The number of hydrogen-bond donors (Lipinski definition) is 2. The molecule has 1 heterocycles. The zero-order chi connectivity index (χ0) is 14.8. The van der Waals surface area contributed by atoms with Crippen molar-refractivity contribution in [3.63, 3.8) is 0 Å². The molecule has 108 valence electrons. The molecule has 2 aromatic rings. The number of carbonyl (C=O) groups is 1. The molecule has 0 unspecified atom stereocenters. The summed E-state index contributed by atoms with van der Waals surface area (Å²) in [5.41, 5.74) is 7.75. The van der Waals surface area contributed by atoms with E-state index in [1.54, 1.807) is 6.07 Å². The van der Waals surface area contributed by atoms with Crippen LogP contribution >= 0.6 is 0 Å². The molecule has 5 nitrogen and oxygen atoms in total. The number of anilines is 1. The summed E-state index contributed by atoms with van der Waals surface area (Å²) in [6, 6.07) is 10.8. The molecule has 1 aliphatic rings. The number of aromatic nitrogens is 1. The van der Waals surface area contributed by atoms with Crippen LogP contribution < -0.4 is 11.3 Å². The molecule has 5 heteroatoms. The second-order valence-electron chi connectivity index (χ2n) is 5.35. The van der Waals surface area contributed by atoms with E-state index in [1.165, 1.54) is 12.3 Å². The number of hydrogen-bond acceptors (Lipinski definition) is 3. The van der Waals surface area contributed by atoms with Crippen molar-refractivity contribution in [3.05, 3.63) is 64.1 Å². The van der Waals surface area contributed by atoms with Crippen molar-refractivity contribution in [2.75, 3.05) is 5.73 Å². The lowest BCUT2D eigenvalue weighted by molar-refractivity contribution is 0.0729. The van der Waals surface area contributed by atoms with Gasteiger partial charge in [-0.15, -0.1) is 0 Å². The zero-order valence-corrected chi connectivity index (χ0v) is 11.6. The molecule has 3 rings (SSSR count). The maximum Gasteiger partial charge on any atom is 0.255 e. The lowest BCUT2D eigenvalue weighted by Crippen LogP contribution is -2.33. The quantitative estimate of drug-likeness (QED) is 0.839. The fourth-order valence-corrected chi connectivity index (χ4v) is 2.28. The number of rotatable bonds is 4. The van der Waals surface area contributed by atoms with Gasteiger partial charge in [-0.1, -0.05) is 12.1 Å². The SMILES string of the molecule is Nc1ccc(CN(C(=O)c2ccc(=O)[nH]c2)C2CC2)cc1. The molecule has 0 atom stereocenters. The Bertz CT molecular complexity index is 682. The van der Waals surface area contributed by atoms with Gasteiger partial charge in [0, 0.05) is 30.5 Å². The van der Waals surface area contributed by atoms with Crippen LogP contribution in [0, 0.1) is 0 Å². The van der Waals surface area contributed by atoms with Gasteiger partial charge in [-0.2, -0.15) is 0 Å². The molecule has 0 bridgehead atoms. The number of nitrogens with one attached hydrogen (secondary N) is 1. The van der Waals surface area contributed by atoms with E-state index in [-0.39, 0.29) is 11.5 Å². The van der Waals surface area contributed by atoms with Crippen molar-refractivity contribution in [3.8, 4) is 0 Å². The molecule has 1 aromatic carbocycles. The van der Waals surface area contributed by atoms with Crippen molar-refractivity contribution < 1.29 is 4.79 Å². The van der Waals surface area contributed by atoms with Gasteiger partial charge in [-0.05, 0) is 36.6 Å². The van der Waals surface area contributed by atoms with E-state index >= 15 is 0 Å². The molecular formula is C16H17N3O2. The molecule has 0 radical (unpaired) electrons. The first-order chi connectivity index (χ1) is 10.1. The van der Waals surface area contributed by atoms with Gasteiger partial charge in [-0.3, -0.25) is 9.59 Å². The Morgan fingerprint density at radius 2 is 1.90 bits per heavy atom. The normalized spacial score (nSPS) is 13.9. The molecule has 0 spiro atoms. The topological polar surface area (TPSA) is 79.2 Å². The van der Waals surface area contributed by atoms with Crippen molar-refractivity contribution >= 4 is 11.6 Å². The summed E-state index contributed by atoms with van der Waals surface area (Å²) in [6.07, 6.45) is 3.54. The molecule has 1 fully saturated rings. The minimum absolute atomic E-state index is 0.0504. The van der Waals surface area contributed by atoms with Crippen LogP contribution in [0.5, 0.6) is 0 Å². The summed E-state index contributed by atoms with van der Waals surface area (Å²) in [7, 11) is 0. The highest BCUT2D eigenvalue weighted by Gasteiger charge is 2.33. The highest BCUT2D eigenvalue weighted by molar-refractivity contribution is 5.94. The van der Waals surface area contributed by atoms with Gasteiger partial charge in [0.1, 0.15) is 0 Å². The van der Waals surface area contributed by atoms with E-state index in [1.807, 2.05) is 29.2 Å². The Morgan fingerprint density at radius 1 is 1.19 bits per heavy atom. The first-order valence-corrected chi connectivity index (χ1v) is 6.97. The van der Waals surface area contributed by atoms with Gasteiger partial charge >= 0.3 is 0 Å². The third-order valence-electron chi connectivity index (χ3n) is 3.61. The molecule has 1 amide bonds. The molecule has 1 aromatic heterocycles. The summed E-state index contributed by atoms with van der Waals surface area (Å²) < 4.78 is 0. The van der Waals surface area contributed by atoms with Crippen molar-refractivity contribution in [1.82, 2.24) is 9.88 Å². The van der Waals surface area contributed by atoms with Crippen LogP contribution in [0.3, 0.4) is 0 Å². The van der Waals surface area contributed by atoms with Crippen molar-refractivity contribution in [2.45, 2.75) is 25.4 Å². The number of nitrogens with zero attached hydrogens (tertiary/aromatic N) is 1. The largest absolute Gasteiger partial charge is 0.399 e. The smallest absolute Gasteiger partial charge is 0.255 e. The molecule has 0 aliphatic heterocycles. The van der Waals surface area contributed by atoms with Gasteiger partial charge in [0.15, 0.2) is 0 Å². The van der Waals surface area contributed by atoms with Gasteiger partial charge in [-0.25, -0.2) is 0 Å². The Kier molecular flexibility index (Phi) is 3.48. The molecule has 3 N–H and O–H groups in total. The number of nitrogen functional groups attached to an aromatic ring is 1. The van der Waals surface area contributed by atoms with Gasteiger partial charge in [0.2, 0.25) is 5.56 Å². The third-order valence-corrected chi connectivity index (χ3v) is 3.61. The summed E-state index contributed by atoms with van der Waals surface area (Å²) in [5, 5.41) is 0. The summed E-state index contributed by atoms with van der Waals surface area (Å²) >= 11 is 0. The first kappa shape index (κ1) is 13.4. The predicted molar refractivity (Wildman–Crippen MR) is 80.8 cm³/mol. The molecule has 1 aliphatic carbocycles. The highest BCUT2D eigenvalue weighted by atomic mass is 16.2. The van der Waals surface area contributed by atoms with Crippen LogP contribution in [-0.4, -0.2) is 21.8 Å². The fourth-order valence-electron chi connectivity index (χ4n) is 2.28. The molecule has 21 heavy (non-hydrogen) atoms. The second kappa shape index (κ2) is 5.44. The number of aromatic amines is 1. The number of pyridine rings is 1. The molecule has 0 saturated heterocycles. The summed E-state index contributed by atoms with van der Waals surface area (Å²) in [5.74, 6) is -0.0504. The van der Waals surface area contributed by atoms with Gasteiger partial charge in [0.05, 0.1) is 5.56 Å². The number of H-pyrrole nitrogens is 1. The number of amides is 1. The Labute approximate surface area is 122 Å². The van der Waals surface area contributed by atoms with Crippen molar-refractivity contribution in [1.29, 1.82) is 0 Å². The van der Waals surface area contributed by atoms with E-state index in [0.29, 0.717) is 23.8 Å². The number of nitrogens with two attached hydrogens (primary N) is 1. The minimum Gasteiger partial charge on any atom is -0.399 e. The van der Waals surface area contributed by atoms with E-state index in [9.17, 15) is 9.59 Å². The monoisotopic (exact) mass is 283 g/mol. The van der Waals surface area contributed by atoms with Crippen LogP contribution in [-0.2, 0) is 6.54 Å². The minimum atomic E-state index is -0.206. The fraction of sp³-hybridized carbons (Fsp3) is 0.250. The van der Waals surface area contributed by atoms with Crippen LogP contribution in [0.25, 0.3) is 0 Å². The van der Waals surface area contributed by atoms with Gasteiger partial charge < -0.3 is 15.6 Å². The number of carbonyl (C=O) groups excluding carboxylic acids is 1. The van der Waals surface area contributed by atoms with Crippen molar-refractivity contribution in [2.24, 2.45) is 0 Å². The molecule has 1 saturated carbocycles. The lowest BCUT2D eigenvalue weighted by Gasteiger charge is -2.22. The Balaban J connectivity index is 1.81.